The van der Waals surface area contributed by atoms with Crippen LogP contribution >= 0.6 is 0 Å². The molecule has 0 aliphatic rings. The first-order valence-electron chi connectivity index (χ1n) is 4.74. The van der Waals surface area contributed by atoms with Crippen LogP contribution in [0, 0.1) is 17.1 Å². The Hall–Kier alpha value is -2.61. The molecule has 0 bridgehead atoms. The zero-order valence-electron chi connectivity index (χ0n) is 8.59. The highest BCUT2D eigenvalue weighted by Crippen LogP contribution is 2.22. The molecule has 1 aromatic heterocycles. The molecule has 2 rings (SSSR count). The Labute approximate surface area is 96.3 Å². The van der Waals surface area contributed by atoms with Gasteiger partial charge in [-0.1, -0.05) is 12.1 Å². The largest absolute Gasteiger partial charge is 0.298 e. The standard InChI is InChI=1S/C12H6FN3O/c13-11-3-1-2-9(10(11)7-17)12-5-4-8(6-14)15-16-12/h1-5,7H. The van der Waals surface area contributed by atoms with Crippen molar-refractivity contribution in [1.82, 2.24) is 10.2 Å². The van der Waals surface area contributed by atoms with Gasteiger partial charge in [0.2, 0.25) is 0 Å². The minimum Gasteiger partial charge on any atom is -0.298 e. The van der Waals surface area contributed by atoms with Gasteiger partial charge in [0.05, 0.1) is 11.3 Å². The van der Waals surface area contributed by atoms with Crippen LogP contribution < -0.4 is 0 Å². The minimum atomic E-state index is -0.608. The number of carbonyl (C=O) groups excluding carboxylic acids is 1. The van der Waals surface area contributed by atoms with Crippen LogP contribution in [0.4, 0.5) is 4.39 Å². The van der Waals surface area contributed by atoms with Crippen molar-refractivity contribution in [3.63, 3.8) is 0 Å². The van der Waals surface area contributed by atoms with Gasteiger partial charge >= 0.3 is 0 Å². The SMILES string of the molecule is N#Cc1ccc(-c2cccc(F)c2C=O)nn1. The maximum atomic E-state index is 13.3. The van der Waals surface area contributed by atoms with Gasteiger partial charge in [-0.3, -0.25) is 4.79 Å². The van der Waals surface area contributed by atoms with Crippen molar-refractivity contribution in [2.75, 3.05) is 0 Å². The molecule has 4 nitrogen and oxygen atoms in total. The molecule has 0 aliphatic heterocycles. The van der Waals surface area contributed by atoms with E-state index in [1.165, 1.54) is 24.3 Å². The molecule has 0 atom stereocenters. The molecule has 1 aromatic carbocycles. The lowest BCUT2D eigenvalue weighted by atomic mass is 10.0. The molecule has 2 aromatic rings. The number of aldehydes is 1. The summed E-state index contributed by atoms with van der Waals surface area (Å²) >= 11 is 0. The quantitative estimate of drug-likeness (QED) is 0.735. The van der Waals surface area contributed by atoms with Crippen molar-refractivity contribution in [3.8, 4) is 17.3 Å². The van der Waals surface area contributed by atoms with E-state index in [0.29, 0.717) is 17.5 Å². The van der Waals surface area contributed by atoms with E-state index >= 15 is 0 Å². The Morgan fingerprint density at radius 2 is 2.06 bits per heavy atom. The number of hydrogen-bond donors (Lipinski definition) is 0. The average Bonchev–Trinajstić information content (AvgIpc) is 2.38. The van der Waals surface area contributed by atoms with Gasteiger partial charge in [-0.2, -0.15) is 5.26 Å². The van der Waals surface area contributed by atoms with E-state index in [1.54, 1.807) is 6.07 Å². The summed E-state index contributed by atoms with van der Waals surface area (Å²) in [6.45, 7) is 0. The van der Waals surface area contributed by atoms with Crippen molar-refractivity contribution in [1.29, 1.82) is 5.26 Å². The zero-order chi connectivity index (χ0) is 12.3. The normalized spacial score (nSPS) is 9.65. The lowest BCUT2D eigenvalue weighted by Gasteiger charge is -2.03. The van der Waals surface area contributed by atoms with Gasteiger partial charge in [-0.05, 0) is 18.2 Å². The average molecular weight is 227 g/mol. The zero-order valence-corrected chi connectivity index (χ0v) is 8.59. The molecule has 82 valence electrons. The first-order valence-corrected chi connectivity index (χ1v) is 4.74. The van der Waals surface area contributed by atoms with Gasteiger partial charge in [0.15, 0.2) is 12.0 Å². The molecular formula is C12H6FN3O. The predicted molar refractivity (Wildman–Crippen MR) is 57.5 cm³/mol. The van der Waals surface area contributed by atoms with E-state index in [2.05, 4.69) is 10.2 Å². The van der Waals surface area contributed by atoms with Crippen LogP contribution in [0.15, 0.2) is 30.3 Å². The van der Waals surface area contributed by atoms with Crippen LogP contribution in [0.5, 0.6) is 0 Å². The van der Waals surface area contributed by atoms with Crippen molar-refractivity contribution in [2.45, 2.75) is 0 Å². The van der Waals surface area contributed by atoms with E-state index in [4.69, 9.17) is 5.26 Å². The summed E-state index contributed by atoms with van der Waals surface area (Å²) in [5.74, 6) is -0.608. The fourth-order valence-electron chi connectivity index (χ4n) is 1.42. The number of aromatic nitrogens is 2. The fraction of sp³-hybridized carbons (Fsp3) is 0. The Morgan fingerprint density at radius 1 is 1.24 bits per heavy atom. The van der Waals surface area contributed by atoms with E-state index in [-0.39, 0.29) is 11.3 Å². The Balaban J connectivity index is 2.57. The molecular weight excluding hydrogens is 221 g/mol. The first kappa shape index (κ1) is 10.9. The molecule has 17 heavy (non-hydrogen) atoms. The third kappa shape index (κ3) is 2.01. The Bertz CT molecular complexity index is 602. The number of carbonyl (C=O) groups is 1. The van der Waals surface area contributed by atoms with Crippen LogP contribution in [0.3, 0.4) is 0 Å². The number of hydrogen-bond acceptors (Lipinski definition) is 4. The summed E-state index contributed by atoms with van der Waals surface area (Å²) in [5.41, 5.74) is 0.812. The molecule has 0 saturated heterocycles. The maximum absolute atomic E-state index is 13.3. The monoisotopic (exact) mass is 227 g/mol. The highest BCUT2D eigenvalue weighted by Gasteiger charge is 2.10. The van der Waals surface area contributed by atoms with Crippen LogP contribution in [-0.2, 0) is 0 Å². The number of benzene rings is 1. The van der Waals surface area contributed by atoms with Crippen molar-refractivity contribution >= 4 is 6.29 Å². The molecule has 0 aliphatic carbocycles. The van der Waals surface area contributed by atoms with Crippen LogP contribution in [-0.4, -0.2) is 16.5 Å². The maximum Gasteiger partial charge on any atom is 0.163 e. The summed E-state index contributed by atoms with van der Waals surface area (Å²) in [6.07, 6.45) is 0.435. The molecule has 0 fully saturated rings. The lowest BCUT2D eigenvalue weighted by Crippen LogP contribution is -1.96. The van der Waals surface area contributed by atoms with Crippen molar-refractivity contribution in [3.05, 3.63) is 47.4 Å². The molecule has 0 spiro atoms. The van der Waals surface area contributed by atoms with Gasteiger partial charge < -0.3 is 0 Å². The molecule has 5 heteroatoms. The second-order valence-corrected chi connectivity index (χ2v) is 3.23. The first-order chi connectivity index (χ1) is 8.26. The van der Waals surface area contributed by atoms with E-state index in [0.717, 1.165) is 0 Å². The van der Waals surface area contributed by atoms with Crippen molar-refractivity contribution < 1.29 is 9.18 Å². The fourth-order valence-corrected chi connectivity index (χ4v) is 1.42. The molecule has 0 amide bonds. The highest BCUT2D eigenvalue weighted by atomic mass is 19.1. The van der Waals surface area contributed by atoms with Gasteiger partial charge in [0.1, 0.15) is 11.9 Å². The summed E-state index contributed by atoms with van der Waals surface area (Å²) < 4.78 is 13.3. The number of halogens is 1. The van der Waals surface area contributed by atoms with E-state index < -0.39 is 5.82 Å². The van der Waals surface area contributed by atoms with E-state index in [1.807, 2.05) is 6.07 Å². The second-order valence-electron chi connectivity index (χ2n) is 3.23. The van der Waals surface area contributed by atoms with Gasteiger partial charge in [-0.25, -0.2) is 4.39 Å². The van der Waals surface area contributed by atoms with Crippen molar-refractivity contribution in [2.24, 2.45) is 0 Å². The van der Waals surface area contributed by atoms with E-state index in [9.17, 15) is 9.18 Å². The Morgan fingerprint density at radius 3 is 2.65 bits per heavy atom. The van der Waals surface area contributed by atoms with Crippen LogP contribution in [0.2, 0.25) is 0 Å². The molecule has 0 N–H and O–H groups in total. The number of nitrogens with zero attached hydrogens (tertiary/aromatic N) is 3. The number of rotatable bonds is 2. The molecule has 1 heterocycles. The third-order valence-electron chi connectivity index (χ3n) is 2.23. The van der Waals surface area contributed by atoms with Crippen LogP contribution in [0.25, 0.3) is 11.3 Å². The highest BCUT2D eigenvalue weighted by molar-refractivity contribution is 5.86. The molecule has 0 radical (unpaired) electrons. The number of nitriles is 1. The molecule has 0 unspecified atom stereocenters. The third-order valence-corrected chi connectivity index (χ3v) is 2.23. The Kier molecular flexibility index (Phi) is 2.88. The van der Waals surface area contributed by atoms with Crippen LogP contribution in [0.1, 0.15) is 16.1 Å². The lowest BCUT2D eigenvalue weighted by molar-refractivity contribution is 0.112. The minimum absolute atomic E-state index is 0.0634. The predicted octanol–water partition coefficient (Wildman–Crippen LogP) is 1.97. The summed E-state index contributed by atoms with van der Waals surface area (Å²) in [4.78, 5) is 10.8. The van der Waals surface area contributed by atoms with Gasteiger partial charge in [-0.15, -0.1) is 10.2 Å². The second kappa shape index (κ2) is 4.49. The summed E-state index contributed by atoms with van der Waals surface area (Å²) in [5, 5.41) is 16.0. The molecule has 0 saturated carbocycles. The topological polar surface area (TPSA) is 66.6 Å². The summed E-state index contributed by atoms with van der Waals surface area (Å²) in [6, 6.07) is 9.06. The smallest absolute Gasteiger partial charge is 0.163 e. The van der Waals surface area contributed by atoms with Gasteiger partial charge in [0.25, 0.3) is 0 Å². The summed E-state index contributed by atoms with van der Waals surface area (Å²) in [7, 11) is 0. The van der Waals surface area contributed by atoms with Gasteiger partial charge in [0, 0.05) is 5.56 Å².